The van der Waals surface area contributed by atoms with E-state index < -0.39 is 16.3 Å². The summed E-state index contributed by atoms with van der Waals surface area (Å²) in [6, 6.07) is 11.0. The van der Waals surface area contributed by atoms with Gasteiger partial charge in [0.2, 0.25) is 5.91 Å². The lowest BCUT2D eigenvalue weighted by atomic mass is 10.2. The fraction of sp³-hybridized carbons (Fsp3) is 0.0625. The molecule has 0 radical (unpaired) electrons. The van der Waals surface area contributed by atoms with Crippen LogP contribution in [0.1, 0.15) is 5.56 Å². The molecule has 0 aliphatic heterocycles. The van der Waals surface area contributed by atoms with Gasteiger partial charge in [-0.1, -0.05) is 18.2 Å². The maximum absolute atomic E-state index is 12.2. The van der Waals surface area contributed by atoms with Crippen LogP contribution < -0.4 is 5.32 Å². The van der Waals surface area contributed by atoms with Gasteiger partial charge in [0, 0.05) is 28.8 Å². The number of non-ortho nitro benzene ring substituents is 1. The Morgan fingerprint density at radius 1 is 1.16 bits per heavy atom. The first kappa shape index (κ1) is 18.5. The second kappa shape index (κ2) is 7.84. The largest absolute Gasteiger partial charge is 0.446 e. The number of benzene rings is 2. The van der Waals surface area contributed by atoms with Gasteiger partial charge >= 0.3 is 5.51 Å². The molecule has 0 aliphatic rings. The van der Waals surface area contributed by atoms with E-state index in [9.17, 15) is 28.1 Å². The number of rotatable bonds is 5. The van der Waals surface area contributed by atoms with E-state index in [1.165, 1.54) is 60.7 Å². The molecule has 9 heteroatoms. The first-order chi connectivity index (χ1) is 11.7. The van der Waals surface area contributed by atoms with Gasteiger partial charge in [-0.15, -0.1) is 0 Å². The normalized spacial score (nSPS) is 11.5. The zero-order valence-corrected chi connectivity index (χ0v) is 13.3. The van der Waals surface area contributed by atoms with E-state index in [0.29, 0.717) is 5.56 Å². The van der Waals surface area contributed by atoms with Crippen molar-refractivity contribution in [3.8, 4) is 0 Å². The monoisotopic (exact) mass is 368 g/mol. The Labute approximate surface area is 144 Å². The van der Waals surface area contributed by atoms with Crippen molar-refractivity contribution in [1.29, 1.82) is 0 Å². The minimum Gasteiger partial charge on any atom is -0.322 e. The van der Waals surface area contributed by atoms with Gasteiger partial charge in [0.15, 0.2) is 0 Å². The molecular formula is C16H11F3N2O3S. The Kier molecular flexibility index (Phi) is 5.81. The number of nitrogens with one attached hydrogen (secondary N) is 1. The molecule has 0 bridgehead atoms. The molecule has 0 atom stereocenters. The van der Waals surface area contributed by atoms with Crippen molar-refractivity contribution in [3.05, 3.63) is 70.3 Å². The van der Waals surface area contributed by atoms with Crippen LogP contribution in [-0.4, -0.2) is 16.3 Å². The highest BCUT2D eigenvalue weighted by Crippen LogP contribution is 2.36. The average molecular weight is 368 g/mol. The third-order valence-electron chi connectivity index (χ3n) is 2.87. The molecule has 0 aliphatic carbocycles. The van der Waals surface area contributed by atoms with Crippen LogP contribution in [0.15, 0.2) is 59.5 Å². The second-order valence-electron chi connectivity index (χ2n) is 4.75. The zero-order chi connectivity index (χ0) is 18.4. The minimum absolute atomic E-state index is 0.0469. The molecule has 5 nitrogen and oxygen atoms in total. The number of anilines is 1. The molecule has 0 spiro atoms. The molecule has 0 aromatic heterocycles. The minimum atomic E-state index is -4.35. The molecule has 2 aromatic rings. The molecule has 0 unspecified atom stereocenters. The van der Waals surface area contributed by atoms with Crippen LogP contribution in [0, 0.1) is 10.1 Å². The fourth-order valence-electron chi connectivity index (χ4n) is 1.83. The van der Waals surface area contributed by atoms with Gasteiger partial charge in [0.05, 0.1) is 4.92 Å². The summed E-state index contributed by atoms with van der Waals surface area (Å²) in [4.78, 5) is 21.9. The summed E-state index contributed by atoms with van der Waals surface area (Å²) in [5, 5.41) is 13.1. The van der Waals surface area contributed by atoms with E-state index in [1.807, 2.05) is 0 Å². The Balaban J connectivity index is 1.98. The molecular weight excluding hydrogens is 357 g/mol. The summed E-state index contributed by atoms with van der Waals surface area (Å²) < 4.78 is 36.7. The summed E-state index contributed by atoms with van der Waals surface area (Å²) in [6.07, 6.45) is 2.61. The van der Waals surface area contributed by atoms with Crippen LogP contribution in [0.25, 0.3) is 6.08 Å². The maximum atomic E-state index is 12.2. The molecule has 25 heavy (non-hydrogen) atoms. The number of nitro benzene ring substituents is 1. The third-order valence-corrected chi connectivity index (χ3v) is 3.60. The van der Waals surface area contributed by atoms with Gasteiger partial charge in [-0.3, -0.25) is 14.9 Å². The Bertz CT molecular complexity index is 805. The van der Waals surface area contributed by atoms with Crippen molar-refractivity contribution in [2.45, 2.75) is 10.4 Å². The van der Waals surface area contributed by atoms with Gasteiger partial charge in [0.25, 0.3) is 5.69 Å². The number of hydrogen-bond acceptors (Lipinski definition) is 4. The molecule has 130 valence electrons. The van der Waals surface area contributed by atoms with Gasteiger partial charge in [-0.05, 0) is 41.6 Å². The summed E-state index contributed by atoms with van der Waals surface area (Å²) in [5.41, 5.74) is -3.70. The molecule has 1 N–H and O–H groups in total. The first-order valence-electron chi connectivity index (χ1n) is 6.82. The lowest BCUT2D eigenvalue weighted by molar-refractivity contribution is -0.384. The molecule has 0 fully saturated rings. The van der Waals surface area contributed by atoms with Crippen LogP contribution in [0.2, 0.25) is 0 Å². The predicted octanol–water partition coefficient (Wildman–Crippen LogP) is 4.86. The quantitative estimate of drug-likeness (QED) is 0.354. The summed E-state index contributed by atoms with van der Waals surface area (Å²) in [6.45, 7) is 0. The Morgan fingerprint density at radius 3 is 2.44 bits per heavy atom. The van der Waals surface area contributed by atoms with Crippen LogP contribution in [0.4, 0.5) is 24.5 Å². The lowest BCUT2D eigenvalue weighted by Gasteiger charge is -2.05. The van der Waals surface area contributed by atoms with Crippen molar-refractivity contribution in [3.63, 3.8) is 0 Å². The topological polar surface area (TPSA) is 72.2 Å². The number of nitrogens with zero attached hydrogens (tertiary/aromatic N) is 1. The van der Waals surface area contributed by atoms with Crippen molar-refractivity contribution in [1.82, 2.24) is 0 Å². The van der Waals surface area contributed by atoms with E-state index in [4.69, 9.17) is 0 Å². The lowest BCUT2D eigenvalue weighted by Crippen LogP contribution is -2.07. The number of nitro groups is 1. The van der Waals surface area contributed by atoms with E-state index in [2.05, 4.69) is 5.32 Å². The van der Waals surface area contributed by atoms with Crippen LogP contribution in [-0.2, 0) is 4.79 Å². The fourth-order valence-corrected chi connectivity index (χ4v) is 2.37. The van der Waals surface area contributed by atoms with Crippen molar-refractivity contribution in [2.24, 2.45) is 0 Å². The van der Waals surface area contributed by atoms with Crippen LogP contribution in [0.3, 0.4) is 0 Å². The smallest absolute Gasteiger partial charge is 0.322 e. The predicted molar refractivity (Wildman–Crippen MR) is 89.1 cm³/mol. The zero-order valence-electron chi connectivity index (χ0n) is 12.5. The number of hydrogen-bond donors (Lipinski definition) is 1. The summed E-state index contributed by atoms with van der Waals surface area (Å²) >= 11 is -0.219. The Hall–Kier alpha value is -2.81. The number of carbonyl (C=O) groups excluding carboxylic acids is 1. The van der Waals surface area contributed by atoms with Gasteiger partial charge < -0.3 is 5.32 Å². The molecule has 0 heterocycles. The first-order valence-corrected chi connectivity index (χ1v) is 7.64. The average Bonchev–Trinajstić information content (AvgIpc) is 2.53. The van der Waals surface area contributed by atoms with Crippen molar-refractivity contribution >= 4 is 35.1 Å². The maximum Gasteiger partial charge on any atom is 0.446 e. The van der Waals surface area contributed by atoms with E-state index in [0.717, 1.165) is 0 Å². The number of amides is 1. The molecule has 2 aromatic carbocycles. The summed E-state index contributed by atoms with van der Waals surface area (Å²) in [7, 11) is 0. The van der Waals surface area contributed by atoms with Crippen molar-refractivity contribution < 1.29 is 22.9 Å². The number of thioether (sulfide) groups is 1. The molecule has 0 saturated heterocycles. The highest BCUT2D eigenvalue weighted by Gasteiger charge is 2.28. The molecule has 0 saturated carbocycles. The molecule has 1 amide bonds. The van der Waals surface area contributed by atoms with Gasteiger partial charge in [-0.25, -0.2) is 0 Å². The number of alkyl halides is 3. The third kappa shape index (κ3) is 6.30. The SMILES string of the molecule is O=C(C=Cc1ccc(SC(F)(F)F)cc1)Nc1cccc([N+](=O)[O-])c1. The second-order valence-corrected chi connectivity index (χ2v) is 5.89. The van der Waals surface area contributed by atoms with Crippen LogP contribution >= 0.6 is 11.8 Å². The molecule has 2 rings (SSSR count). The number of halogens is 3. The van der Waals surface area contributed by atoms with Gasteiger partial charge in [-0.2, -0.15) is 13.2 Å². The van der Waals surface area contributed by atoms with Gasteiger partial charge in [0.1, 0.15) is 0 Å². The highest BCUT2D eigenvalue weighted by molar-refractivity contribution is 8.00. The van der Waals surface area contributed by atoms with Crippen LogP contribution in [0.5, 0.6) is 0 Å². The van der Waals surface area contributed by atoms with Crippen molar-refractivity contribution in [2.75, 3.05) is 5.32 Å². The van der Waals surface area contributed by atoms with E-state index in [1.54, 1.807) is 0 Å². The number of carbonyl (C=O) groups is 1. The van der Waals surface area contributed by atoms with E-state index >= 15 is 0 Å². The standard InChI is InChI=1S/C16H11F3N2O3S/c17-16(18,19)25-14-7-4-11(5-8-14)6-9-15(22)20-12-2-1-3-13(10-12)21(23)24/h1-10H,(H,20,22). The summed E-state index contributed by atoms with van der Waals surface area (Å²) in [5.74, 6) is -0.519. The Morgan fingerprint density at radius 2 is 1.84 bits per heavy atom. The van der Waals surface area contributed by atoms with E-state index in [-0.39, 0.29) is 28.0 Å². The highest BCUT2D eigenvalue weighted by atomic mass is 32.2.